The molecule has 0 aliphatic heterocycles. The van der Waals surface area contributed by atoms with Gasteiger partial charge in [-0.15, -0.1) is 0 Å². The Labute approximate surface area is 160 Å². The van der Waals surface area contributed by atoms with Crippen LogP contribution in [0, 0.1) is 0 Å². The molecular weight excluding hydrogens is 350 g/mol. The molecule has 0 fully saturated rings. The molecule has 0 heterocycles. The summed E-state index contributed by atoms with van der Waals surface area (Å²) in [6.07, 6.45) is 1.31. The number of benzene rings is 2. The Morgan fingerprint density at radius 2 is 1.73 bits per heavy atom. The number of nitrogens with one attached hydrogen (secondary N) is 1. The number of halogens is 1. The molecule has 140 valence electrons. The second-order valence-corrected chi connectivity index (χ2v) is 6.86. The molecule has 2 aromatic carbocycles. The predicted molar refractivity (Wildman–Crippen MR) is 105 cm³/mol. The van der Waals surface area contributed by atoms with Crippen LogP contribution >= 0.6 is 11.6 Å². The van der Waals surface area contributed by atoms with Crippen LogP contribution in [0.1, 0.15) is 32.8 Å². The summed E-state index contributed by atoms with van der Waals surface area (Å²) in [6.45, 7) is 6.34. The van der Waals surface area contributed by atoms with Crippen molar-refractivity contribution in [2.45, 2.75) is 45.8 Å². The Morgan fingerprint density at radius 1 is 1.04 bits per heavy atom. The number of carbonyl (C=O) groups excluding carboxylic acids is 1. The molecule has 2 rings (SSSR count). The summed E-state index contributed by atoms with van der Waals surface area (Å²) in [5, 5.41) is 3.49. The van der Waals surface area contributed by atoms with Gasteiger partial charge in [0.05, 0.1) is 6.10 Å². The first kappa shape index (κ1) is 20.1. The normalized spacial score (nSPS) is 11.9. The van der Waals surface area contributed by atoms with Crippen molar-refractivity contribution < 1.29 is 14.3 Å². The molecule has 0 aromatic heterocycles. The standard InChI is InChI=1S/C21H26ClNO3/c1-15(2)25-19-10-4-7-17(13-19)8-6-12-23-21(24)16(3)26-20-11-5-9-18(22)14-20/h4-5,7,9-11,13-16H,6,8,12H2,1-3H3,(H,23,24)/t16-/m1/s1. The van der Waals surface area contributed by atoms with Gasteiger partial charge >= 0.3 is 0 Å². The van der Waals surface area contributed by atoms with Crippen molar-refractivity contribution in [1.82, 2.24) is 5.32 Å². The summed E-state index contributed by atoms with van der Waals surface area (Å²) >= 11 is 5.92. The van der Waals surface area contributed by atoms with Crippen molar-refractivity contribution in [3.63, 3.8) is 0 Å². The monoisotopic (exact) mass is 375 g/mol. The number of rotatable bonds is 9. The lowest BCUT2D eigenvalue weighted by Gasteiger charge is -2.15. The van der Waals surface area contributed by atoms with E-state index in [1.807, 2.05) is 32.0 Å². The van der Waals surface area contributed by atoms with Gasteiger partial charge in [-0.3, -0.25) is 4.79 Å². The summed E-state index contributed by atoms with van der Waals surface area (Å²) in [5.74, 6) is 1.33. The topological polar surface area (TPSA) is 47.6 Å². The Morgan fingerprint density at radius 3 is 2.42 bits per heavy atom. The smallest absolute Gasteiger partial charge is 0.260 e. The minimum atomic E-state index is -0.573. The minimum Gasteiger partial charge on any atom is -0.491 e. The quantitative estimate of drug-likeness (QED) is 0.649. The van der Waals surface area contributed by atoms with E-state index >= 15 is 0 Å². The second-order valence-electron chi connectivity index (χ2n) is 6.43. The van der Waals surface area contributed by atoms with Crippen molar-refractivity contribution in [3.05, 3.63) is 59.1 Å². The molecule has 5 heteroatoms. The zero-order valence-electron chi connectivity index (χ0n) is 15.5. The van der Waals surface area contributed by atoms with E-state index in [0.717, 1.165) is 18.6 Å². The maximum atomic E-state index is 12.1. The Hall–Kier alpha value is -2.20. The number of aryl methyl sites for hydroxylation is 1. The first-order valence-electron chi connectivity index (χ1n) is 8.89. The van der Waals surface area contributed by atoms with Gasteiger partial charge in [-0.05, 0) is 69.5 Å². The SMILES string of the molecule is CC(C)Oc1cccc(CCCNC(=O)[C@@H](C)Oc2cccc(Cl)c2)c1. The molecule has 4 nitrogen and oxygen atoms in total. The molecular formula is C21H26ClNO3. The van der Waals surface area contributed by atoms with Crippen molar-refractivity contribution in [3.8, 4) is 11.5 Å². The Bertz CT molecular complexity index is 718. The van der Waals surface area contributed by atoms with Gasteiger partial charge in [0.2, 0.25) is 0 Å². The lowest BCUT2D eigenvalue weighted by atomic mass is 10.1. The zero-order chi connectivity index (χ0) is 18.9. The van der Waals surface area contributed by atoms with Crippen LogP contribution in [0.25, 0.3) is 0 Å². The lowest BCUT2D eigenvalue weighted by Crippen LogP contribution is -2.36. The molecule has 1 amide bonds. The summed E-state index contributed by atoms with van der Waals surface area (Å²) in [5.41, 5.74) is 1.20. The highest BCUT2D eigenvalue weighted by Gasteiger charge is 2.14. The van der Waals surface area contributed by atoms with Gasteiger partial charge in [-0.1, -0.05) is 29.8 Å². The average molecular weight is 376 g/mol. The third-order valence-electron chi connectivity index (χ3n) is 3.69. The highest BCUT2D eigenvalue weighted by atomic mass is 35.5. The van der Waals surface area contributed by atoms with Crippen LogP contribution in [-0.4, -0.2) is 24.7 Å². The second kappa shape index (κ2) is 10.1. The third kappa shape index (κ3) is 6.96. The van der Waals surface area contributed by atoms with Crippen molar-refractivity contribution >= 4 is 17.5 Å². The molecule has 0 unspecified atom stereocenters. The van der Waals surface area contributed by atoms with Crippen molar-refractivity contribution in [1.29, 1.82) is 0 Å². The molecule has 0 aliphatic rings. The molecule has 0 aliphatic carbocycles. The first-order valence-corrected chi connectivity index (χ1v) is 9.27. The molecule has 1 atom stereocenters. The van der Waals surface area contributed by atoms with Gasteiger partial charge in [0.15, 0.2) is 6.10 Å². The number of hydrogen-bond donors (Lipinski definition) is 1. The molecule has 0 saturated heterocycles. The molecule has 0 bridgehead atoms. The molecule has 0 radical (unpaired) electrons. The number of amides is 1. The summed E-state index contributed by atoms with van der Waals surface area (Å²) in [4.78, 5) is 12.1. The fourth-order valence-corrected chi connectivity index (χ4v) is 2.67. The first-order chi connectivity index (χ1) is 12.4. The fourth-order valence-electron chi connectivity index (χ4n) is 2.49. The van der Waals surface area contributed by atoms with E-state index in [-0.39, 0.29) is 12.0 Å². The largest absolute Gasteiger partial charge is 0.491 e. The van der Waals surface area contributed by atoms with E-state index in [0.29, 0.717) is 17.3 Å². The van der Waals surface area contributed by atoms with E-state index in [9.17, 15) is 4.79 Å². The van der Waals surface area contributed by atoms with Crippen LogP contribution in [0.5, 0.6) is 11.5 Å². The van der Waals surface area contributed by atoms with Crippen LogP contribution < -0.4 is 14.8 Å². The maximum absolute atomic E-state index is 12.1. The van der Waals surface area contributed by atoms with Gasteiger partial charge in [-0.2, -0.15) is 0 Å². The van der Waals surface area contributed by atoms with E-state index in [1.165, 1.54) is 5.56 Å². The van der Waals surface area contributed by atoms with Gasteiger partial charge < -0.3 is 14.8 Å². The van der Waals surface area contributed by atoms with E-state index in [4.69, 9.17) is 21.1 Å². The Balaban J connectivity index is 1.72. The lowest BCUT2D eigenvalue weighted by molar-refractivity contribution is -0.127. The molecule has 1 N–H and O–H groups in total. The molecule has 0 spiro atoms. The van der Waals surface area contributed by atoms with Gasteiger partial charge in [-0.25, -0.2) is 0 Å². The third-order valence-corrected chi connectivity index (χ3v) is 3.92. The van der Waals surface area contributed by atoms with Crippen LogP contribution in [0.3, 0.4) is 0 Å². The van der Waals surface area contributed by atoms with Crippen molar-refractivity contribution in [2.75, 3.05) is 6.54 Å². The van der Waals surface area contributed by atoms with Gasteiger partial charge in [0.25, 0.3) is 5.91 Å². The van der Waals surface area contributed by atoms with Crippen molar-refractivity contribution in [2.24, 2.45) is 0 Å². The van der Waals surface area contributed by atoms with Crippen LogP contribution in [0.4, 0.5) is 0 Å². The van der Waals surface area contributed by atoms with Gasteiger partial charge in [0, 0.05) is 11.6 Å². The molecule has 0 saturated carbocycles. The predicted octanol–water partition coefficient (Wildman–Crippen LogP) is 4.64. The zero-order valence-corrected chi connectivity index (χ0v) is 16.3. The van der Waals surface area contributed by atoms with Crippen LogP contribution in [-0.2, 0) is 11.2 Å². The van der Waals surface area contributed by atoms with E-state index < -0.39 is 6.10 Å². The highest BCUT2D eigenvalue weighted by molar-refractivity contribution is 6.30. The molecule has 2 aromatic rings. The van der Waals surface area contributed by atoms with Gasteiger partial charge in [0.1, 0.15) is 11.5 Å². The molecule has 26 heavy (non-hydrogen) atoms. The Kier molecular flexibility index (Phi) is 7.79. The fraction of sp³-hybridized carbons (Fsp3) is 0.381. The highest BCUT2D eigenvalue weighted by Crippen LogP contribution is 2.18. The average Bonchev–Trinajstić information content (AvgIpc) is 2.58. The summed E-state index contributed by atoms with van der Waals surface area (Å²) < 4.78 is 11.3. The summed E-state index contributed by atoms with van der Waals surface area (Å²) in [7, 11) is 0. The van der Waals surface area contributed by atoms with E-state index in [1.54, 1.807) is 31.2 Å². The number of ether oxygens (including phenoxy) is 2. The minimum absolute atomic E-state index is 0.137. The van der Waals surface area contributed by atoms with Crippen LogP contribution in [0.15, 0.2) is 48.5 Å². The van der Waals surface area contributed by atoms with E-state index in [2.05, 4.69) is 11.4 Å². The number of hydrogen-bond acceptors (Lipinski definition) is 3. The van der Waals surface area contributed by atoms with Crippen LogP contribution in [0.2, 0.25) is 5.02 Å². The summed E-state index contributed by atoms with van der Waals surface area (Å²) in [6, 6.07) is 15.1. The maximum Gasteiger partial charge on any atom is 0.260 e. The number of carbonyl (C=O) groups is 1.